The molecule has 9 heteroatoms. The number of fused-ring (bicyclic) bond motifs is 5. The zero-order valence-corrected chi connectivity index (χ0v) is 22.9. The van der Waals surface area contributed by atoms with Crippen LogP contribution in [0.1, 0.15) is 42.5 Å². The van der Waals surface area contributed by atoms with Gasteiger partial charge in [0, 0.05) is 77.8 Å². The Kier molecular flexibility index (Phi) is 4.91. The third-order valence-electron chi connectivity index (χ3n) is 9.01. The average molecular weight is 536 g/mol. The Morgan fingerprint density at radius 1 is 1.23 bits per heavy atom. The van der Waals surface area contributed by atoms with Crippen molar-refractivity contribution in [3.63, 3.8) is 0 Å². The summed E-state index contributed by atoms with van der Waals surface area (Å²) in [5.41, 5.74) is 8.53. The molecule has 0 unspecified atom stereocenters. The van der Waals surface area contributed by atoms with E-state index in [0.29, 0.717) is 13.0 Å². The molecule has 2 fully saturated rings. The lowest BCUT2D eigenvalue weighted by atomic mass is 9.87. The molecule has 4 aromatic heterocycles. The van der Waals surface area contributed by atoms with Gasteiger partial charge in [-0.1, -0.05) is 6.07 Å². The lowest BCUT2D eigenvalue weighted by molar-refractivity contribution is -0.0296. The van der Waals surface area contributed by atoms with Gasteiger partial charge >= 0.3 is 0 Å². The Morgan fingerprint density at radius 2 is 2.13 bits per heavy atom. The zero-order valence-electron chi connectivity index (χ0n) is 22.1. The molecule has 1 aliphatic carbocycles. The number of ether oxygens (including phenoxy) is 1. The van der Waals surface area contributed by atoms with Crippen LogP contribution in [0.4, 0.5) is 0 Å². The van der Waals surface area contributed by atoms with Crippen LogP contribution >= 0.6 is 11.3 Å². The molecule has 1 atom stereocenters. The van der Waals surface area contributed by atoms with Crippen LogP contribution in [0.3, 0.4) is 0 Å². The van der Waals surface area contributed by atoms with E-state index in [1.54, 1.807) is 11.3 Å². The average Bonchev–Trinajstić information content (AvgIpc) is 3.44. The molecule has 1 aromatic carbocycles. The first kappa shape index (κ1) is 23.3. The number of aryl methyl sites for hydroxylation is 2. The minimum atomic E-state index is -0.370. The summed E-state index contributed by atoms with van der Waals surface area (Å²) in [5.74, 6) is 0. The van der Waals surface area contributed by atoms with Crippen molar-refractivity contribution in [3.8, 4) is 27.9 Å². The van der Waals surface area contributed by atoms with Crippen LogP contribution in [0.5, 0.6) is 0 Å². The highest BCUT2D eigenvalue weighted by Crippen LogP contribution is 2.53. The first-order valence-corrected chi connectivity index (χ1v) is 14.5. The van der Waals surface area contributed by atoms with Gasteiger partial charge in [-0.05, 0) is 49.3 Å². The normalized spacial score (nSPS) is 21.8. The van der Waals surface area contributed by atoms with Crippen molar-refractivity contribution in [2.45, 2.75) is 44.8 Å². The van der Waals surface area contributed by atoms with E-state index < -0.39 is 0 Å². The molecule has 196 valence electrons. The minimum absolute atomic E-state index is 0.184. The summed E-state index contributed by atoms with van der Waals surface area (Å²) in [6, 6.07) is 9.00. The number of hydrogen-bond donors (Lipinski definition) is 1. The summed E-state index contributed by atoms with van der Waals surface area (Å²) in [5, 5.41) is 19.2. The van der Waals surface area contributed by atoms with Gasteiger partial charge in [-0.15, -0.1) is 11.3 Å². The first-order valence-electron chi connectivity index (χ1n) is 13.6. The number of thiazole rings is 1. The number of hydrogen-bond acceptors (Lipinski definition) is 7. The zero-order chi connectivity index (χ0) is 26.4. The van der Waals surface area contributed by atoms with Crippen molar-refractivity contribution < 1.29 is 4.74 Å². The van der Waals surface area contributed by atoms with Crippen molar-refractivity contribution in [3.05, 3.63) is 52.8 Å². The number of nitrogens with zero attached hydrogens (tertiary/aromatic N) is 6. The number of likely N-dealkylation sites (tertiary alicyclic amines) is 1. The lowest BCUT2D eigenvalue weighted by Gasteiger charge is -2.27. The van der Waals surface area contributed by atoms with Crippen molar-refractivity contribution in [2.75, 3.05) is 19.6 Å². The number of nitrogens with one attached hydrogen (secondary N) is 1. The summed E-state index contributed by atoms with van der Waals surface area (Å²) in [4.78, 5) is 16.0. The topological polar surface area (TPSA) is 95.7 Å². The largest absolute Gasteiger partial charge is 0.364 e. The molecule has 3 aliphatic rings. The van der Waals surface area contributed by atoms with Gasteiger partial charge in [0.2, 0.25) is 0 Å². The molecule has 2 aliphatic heterocycles. The van der Waals surface area contributed by atoms with Gasteiger partial charge in [-0.2, -0.15) is 10.4 Å². The number of benzene rings is 1. The highest BCUT2D eigenvalue weighted by atomic mass is 32.1. The molecule has 8 nitrogen and oxygen atoms in total. The van der Waals surface area contributed by atoms with Gasteiger partial charge in [0.15, 0.2) is 0 Å². The quantitative estimate of drug-likeness (QED) is 0.311. The Bertz CT molecular complexity index is 1820. The standard InChI is InChI=1S/C30H29N7OS/c1-18-15-39-28(34-18)26-23(19-3-4-22-20(11-19)13-33-36(22)2)24-25-21(12-32-27(24)35-26)14-38-30(25)8-10-37(17-30)16-29(5-6-29)7-9-31/h3-4,11-13,15H,5-8,10,14,16-17H2,1-2H3,(H,32,35)/t30-/m1/s1. The second-order valence-electron chi connectivity index (χ2n) is 11.7. The minimum Gasteiger partial charge on any atom is -0.364 e. The Balaban J connectivity index is 1.31. The van der Waals surface area contributed by atoms with Crippen LogP contribution in [0.2, 0.25) is 0 Å². The van der Waals surface area contributed by atoms with E-state index >= 15 is 0 Å². The van der Waals surface area contributed by atoms with Gasteiger partial charge in [-0.25, -0.2) is 9.97 Å². The SMILES string of the molecule is Cc1csc(-c2[nH]c3ncc4c(c3c2-c2ccc3c(cnn3C)c2)[C@]2(CCN(CC3(CC#N)CC3)C2)OC4)n1. The summed E-state index contributed by atoms with van der Waals surface area (Å²) in [7, 11) is 1.98. The monoisotopic (exact) mass is 535 g/mol. The Morgan fingerprint density at radius 3 is 2.92 bits per heavy atom. The molecular formula is C30H29N7OS. The molecule has 39 heavy (non-hydrogen) atoms. The molecule has 1 N–H and O–H groups in total. The van der Waals surface area contributed by atoms with Gasteiger partial charge < -0.3 is 9.72 Å². The van der Waals surface area contributed by atoms with E-state index in [-0.39, 0.29) is 11.0 Å². The fourth-order valence-corrected chi connectivity index (χ4v) is 7.68. The Hall–Kier alpha value is -3.58. The molecule has 0 amide bonds. The highest BCUT2D eigenvalue weighted by Gasteiger charge is 2.51. The predicted octanol–water partition coefficient (Wildman–Crippen LogP) is 5.67. The molecule has 1 spiro atoms. The molecule has 6 heterocycles. The smallest absolute Gasteiger partial charge is 0.140 e. The third-order valence-corrected chi connectivity index (χ3v) is 9.99. The molecule has 0 bridgehead atoms. The number of aromatic amines is 1. The second kappa shape index (κ2) is 8.21. The van der Waals surface area contributed by atoms with Crippen molar-refractivity contribution in [1.82, 2.24) is 29.6 Å². The predicted molar refractivity (Wildman–Crippen MR) is 151 cm³/mol. The molecule has 8 rings (SSSR count). The van der Waals surface area contributed by atoms with Gasteiger partial charge in [0.1, 0.15) is 16.3 Å². The van der Waals surface area contributed by atoms with E-state index in [4.69, 9.17) is 14.7 Å². The third kappa shape index (κ3) is 3.52. The van der Waals surface area contributed by atoms with Crippen molar-refractivity contribution >= 4 is 33.3 Å². The maximum atomic E-state index is 9.36. The fraction of sp³-hybridized carbons (Fsp3) is 0.400. The lowest BCUT2D eigenvalue weighted by Crippen LogP contribution is -2.34. The van der Waals surface area contributed by atoms with Crippen LogP contribution in [-0.4, -0.2) is 49.3 Å². The molecule has 1 saturated heterocycles. The highest BCUT2D eigenvalue weighted by molar-refractivity contribution is 7.13. The summed E-state index contributed by atoms with van der Waals surface area (Å²) < 4.78 is 8.61. The van der Waals surface area contributed by atoms with Crippen LogP contribution in [0, 0.1) is 23.7 Å². The van der Waals surface area contributed by atoms with E-state index in [9.17, 15) is 5.26 Å². The van der Waals surface area contributed by atoms with Gasteiger partial charge in [-0.3, -0.25) is 9.58 Å². The van der Waals surface area contributed by atoms with Crippen molar-refractivity contribution in [1.29, 1.82) is 5.26 Å². The van der Waals surface area contributed by atoms with Crippen LogP contribution in [0.15, 0.2) is 36.0 Å². The number of aromatic nitrogens is 5. The molecule has 0 radical (unpaired) electrons. The van der Waals surface area contributed by atoms with E-state index in [2.05, 4.69) is 44.6 Å². The first-order chi connectivity index (χ1) is 19.0. The Labute approximate surface area is 230 Å². The second-order valence-corrected chi connectivity index (χ2v) is 12.5. The van der Waals surface area contributed by atoms with Crippen LogP contribution < -0.4 is 0 Å². The molecule has 1 saturated carbocycles. The van der Waals surface area contributed by atoms with E-state index in [0.717, 1.165) is 88.4 Å². The van der Waals surface area contributed by atoms with Crippen molar-refractivity contribution in [2.24, 2.45) is 12.5 Å². The maximum absolute atomic E-state index is 9.36. The van der Waals surface area contributed by atoms with Gasteiger partial charge in [0.05, 0.1) is 30.1 Å². The van der Waals surface area contributed by atoms with E-state index in [1.165, 1.54) is 11.1 Å². The number of H-pyrrole nitrogens is 1. The summed E-state index contributed by atoms with van der Waals surface area (Å²) in [6.07, 6.45) is 7.83. The number of rotatable bonds is 5. The van der Waals surface area contributed by atoms with Gasteiger partial charge in [0.25, 0.3) is 0 Å². The fourth-order valence-electron chi connectivity index (χ4n) is 6.87. The number of nitriles is 1. The maximum Gasteiger partial charge on any atom is 0.140 e. The summed E-state index contributed by atoms with van der Waals surface area (Å²) in [6.45, 7) is 5.43. The number of pyridine rings is 1. The molecular weight excluding hydrogens is 506 g/mol. The molecule has 5 aromatic rings. The van der Waals surface area contributed by atoms with Crippen LogP contribution in [-0.2, 0) is 24.0 Å². The van der Waals surface area contributed by atoms with Crippen LogP contribution in [0.25, 0.3) is 43.8 Å². The summed E-state index contributed by atoms with van der Waals surface area (Å²) >= 11 is 1.66. The van der Waals surface area contributed by atoms with E-state index in [1.807, 2.05) is 31.0 Å².